The number of aliphatic hydroxyl groups excluding tert-OH is 1. The van der Waals surface area contributed by atoms with E-state index in [1.165, 1.54) is 12.1 Å². The topological polar surface area (TPSA) is 74.9 Å². The van der Waals surface area contributed by atoms with E-state index in [0.717, 1.165) is 59.2 Å². The fourth-order valence-corrected chi connectivity index (χ4v) is 5.17. The van der Waals surface area contributed by atoms with Crippen LogP contribution >= 0.6 is 11.3 Å². The summed E-state index contributed by atoms with van der Waals surface area (Å²) in [5.74, 6) is 1.14. The smallest absolute Gasteiger partial charge is 0.416 e. The fourth-order valence-electron chi connectivity index (χ4n) is 4.36. The van der Waals surface area contributed by atoms with Crippen molar-refractivity contribution in [2.75, 3.05) is 39.3 Å². The number of piperazine rings is 1. The third kappa shape index (κ3) is 6.48. The molecule has 1 fully saturated rings. The first-order valence-corrected chi connectivity index (χ1v) is 12.8. The van der Waals surface area contributed by atoms with E-state index in [-0.39, 0.29) is 6.61 Å². The molecule has 4 aromatic rings. The molecule has 1 saturated heterocycles. The molecule has 1 atom stereocenters. The van der Waals surface area contributed by atoms with Crippen LogP contribution < -0.4 is 4.74 Å². The molecule has 1 N–H and O–H groups in total. The molecule has 7 nitrogen and oxygen atoms in total. The summed E-state index contributed by atoms with van der Waals surface area (Å²) >= 11 is 1.64. The Morgan fingerprint density at radius 2 is 1.78 bits per heavy atom. The molecular formula is C26H27F3N4O3S. The Hall–Kier alpha value is -2.99. The van der Waals surface area contributed by atoms with Gasteiger partial charge in [-0.1, -0.05) is 17.3 Å². The molecule has 0 aliphatic carbocycles. The van der Waals surface area contributed by atoms with Crippen LogP contribution in [0.5, 0.6) is 5.75 Å². The van der Waals surface area contributed by atoms with Gasteiger partial charge in [0, 0.05) is 57.0 Å². The van der Waals surface area contributed by atoms with Crippen molar-refractivity contribution in [3.05, 3.63) is 64.8 Å². The minimum Gasteiger partial charge on any atom is -0.491 e. The van der Waals surface area contributed by atoms with Gasteiger partial charge in [-0.25, -0.2) is 4.98 Å². The molecule has 11 heteroatoms. The Morgan fingerprint density at radius 1 is 1.05 bits per heavy atom. The van der Waals surface area contributed by atoms with Gasteiger partial charge in [0.2, 0.25) is 0 Å². The van der Waals surface area contributed by atoms with Crippen molar-refractivity contribution in [3.63, 3.8) is 0 Å². The Balaban J connectivity index is 1.06. The van der Waals surface area contributed by atoms with Gasteiger partial charge < -0.3 is 14.4 Å². The summed E-state index contributed by atoms with van der Waals surface area (Å²) in [6.45, 7) is 6.49. The number of β-amino-alcohol motifs (C(OH)–C–C–N with tert-alkyl or cyclic N) is 1. The lowest BCUT2D eigenvalue weighted by atomic mass is 10.1. The zero-order valence-electron chi connectivity index (χ0n) is 20.2. The van der Waals surface area contributed by atoms with Crippen molar-refractivity contribution in [3.8, 4) is 17.1 Å². The number of halogens is 3. The summed E-state index contributed by atoms with van der Waals surface area (Å²) in [4.78, 5) is 8.91. The van der Waals surface area contributed by atoms with Crippen LogP contribution in [0.3, 0.4) is 0 Å². The van der Waals surface area contributed by atoms with E-state index in [2.05, 4.69) is 19.9 Å². The molecule has 37 heavy (non-hydrogen) atoms. The summed E-state index contributed by atoms with van der Waals surface area (Å²) in [6, 6.07) is 12.4. The summed E-state index contributed by atoms with van der Waals surface area (Å²) in [6.07, 6.45) is -4.98. The molecule has 0 spiro atoms. The molecule has 0 unspecified atom stereocenters. The van der Waals surface area contributed by atoms with Gasteiger partial charge in [-0.2, -0.15) is 13.2 Å². The monoisotopic (exact) mass is 532 g/mol. The summed E-state index contributed by atoms with van der Waals surface area (Å²) in [7, 11) is 0. The number of hydrogen-bond acceptors (Lipinski definition) is 8. The molecule has 3 heterocycles. The number of fused-ring (bicyclic) bond motifs is 1. The molecule has 2 aromatic heterocycles. The highest BCUT2D eigenvalue weighted by molar-refractivity contribution is 7.18. The van der Waals surface area contributed by atoms with Crippen LogP contribution in [-0.4, -0.2) is 70.5 Å². The van der Waals surface area contributed by atoms with E-state index in [9.17, 15) is 18.3 Å². The highest BCUT2D eigenvalue weighted by atomic mass is 32.1. The second-order valence-electron chi connectivity index (χ2n) is 9.16. The van der Waals surface area contributed by atoms with Gasteiger partial charge in [0.05, 0.1) is 26.5 Å². The first-order valence-electron chi connectivity index (χ1n) is 12.0. The molecular weight excluding hydrogens is 505 g/mol. The quantitative estimate of drug-likeness (QED) is 0.348. The average Bonchev–Trinajstić information content (AvgIpc) is 3.49. The largest absolute Gasteiger partial charge is 0.491 e. The van der Waals surface area contributed by atoms with Gasteiger partial charge in [-0.15, -0.1) is 11.3 Å². The number of ether oxygens (including phenoxy) is 1. The lowest BCUT2D eigenvalue weighted by Gasteiger charge is -2.35. The molecule has 196 valence electrons. The third-order valence-electron chi connectivity index (χ3n) is 6.28. The highest BCUT2D eigenvalue weighted by Gasteiger charge is 2.30. The Kier molecular flexibility index (Phi) is 7.47. The Labute approximate surface area is 216 Å². The van der Waals surface area contributed by atoms with Crippen molar-refractivity contribution in [1.29, 1.82) is 0 Å². The van der Waals surface area contributed by atoms with Crippen molar-refractivity contribution < 1.29 is 27.5 Å². The molecule has 1 aliphatic rings. The van der Waals surface area contributed by atoms with Gasteiger partial charge in [0.25, 0.3) is 0 Å². The summed E-state index contributed by atoms with van der Waals surface area (Å²) in [5.41, 5.74) is 1.49. The second-order valence-corrected chi connectivity index (χ2v) is 10.4. The van der Waals surface area contributed by atoms with Gasteiger partial charge in [0.15, 0.2) is 5.76 Å². The zero-order valence-corrected chi connectivity index (χ0v) is 21.1. The molecule has 0 bridgehead atoms. The van der Waals surface area contributed by atoms with Gasteiger partial charge >= 0.3 is 6.18 Å². The van der Waals surface area contributed by atoms with Crippen LogP contribution in [0.25, 0.3) is 21.5 Å². The predicted octanol–water partition coefficient (Wildman–Crippen LogP) is 4.84. The van der Waals surface area contributed by atoms with Crippen LogP contribution in [-0.2, 0) is 12.7 Å². The molecule has 5 rings (SSSR count). The number of hydrogen-bond donors (Lipinski definition) is 1. The van der Waals surface area contributed by atoms with Crippen molar-refractivity contribution in [2.24, 2.45) is 0 Å². The van der Waals surface area contributed by atoms with Gasteiger partial charge in [-0.05, 0) is 31.2 Å². The summed E-state index contributed by atoms with van der Waals surface area (Å²) in [5, 5.41) is 15.6. The van der Waals surface area contributed by atoms with Crippen LogP contribution in [0.4, 0.5) is 13.2 Å². The number of benzene rings is 2. The predicted molar refractivity (Wildman–Crippen MR) is 135 cm³/mol. The maximum atomic E-state index is 12.8. The van der Waals surface area contributed by atoms with E-state index in [4.69, 9.17) is 9.26 Å². The number of alkyl halides is 3. The van der Waals surface area contributed by atoms with Crippen molar-refractivity contribution in [1.82, 2.24) is 19.9 Å². The Bertz CT molecular complexity index is 1330. The molecule has 2 aromatic carbocycles. The first kappa shape index (κ1) is 25.7. The standard InChI is InChI=1S/C26H27F3N4O3S/c1-17-30-23-13-22(6-7-25(23)37-17)35-16-21(34)15-33-10-8-32(9-11-33)14-20-12-24(36-31-20)18-2-4-19(5-3-18)26(27,28)29/h2-7,12-13,21,34H,8-11,14-16H2,1H3/t21-/m0/s1. The van der Waals surface area contributed by atoms with Crippen LogP contribution in [0.1, 0.15) is 16.3 Å². The van der Waals surface area contributed by atoms with Crippen molar-refractivity contribution in [2.45, 2.75) is 25.7 Å². The number of nitrogens with zero attached hydrogens (tertiary/aromatic N) is 4. The Morgan fingerprint density at radius 3 is 2.51 bits per heavy atom. The number of aryl methyl sites for hydroxylation is 1. The van der Waals surface area contributed by atoms with Gasteiger partial charge in [-0.3, -0.25) is 9.80 Å². The van der Waals surface area contributed by atoms with E-state index in [1.807, 2.05) is 25.1 Å². The van der Waals surface area contributed by atoms with Crippen molar-refractivity contribution >= 4 is 21.6 Å². The van der Waals surface area contributed by atoms with E-state index < -0.39 is 17.8 Å². The minimum absolute atomic E-state index is 0.209. The molecule has 0 radical (unpaired) electrons. The molecule has 0 saturated carbocycles. The van der Waals surface area contributed by atoms with Gasteiger partial charge in [0.1, 0.15) is 18.5 Å². The second kappa shape index (κ2) is 10.8. The SMILES string of the molecule is Cc1nc2cc(OC[C@@H](O)CN3CCN(Cc4cc(-c5ccc(C(F)(F)F)cc5)on4)CC3)ccc2s1. The molecule has 1 aliphatic heterocycles. The number of thiazole rings is 1. The zero-order chi connectivity index (χ0) is 26.0. The molecule has 0 amide bonds. The summed E-state index contributed by atoms with van der Waals surface area (Å²) < 4.78 is 50.6. The average molecular weight is 533 g/mol. The number of aliphatic hydroxyl groups is 1. The number of rotatable bonds is 8. The van der Waals surface area contributed by atoms with Crippen LogP contribution in [0, 0.1) is 6.92 Å². The normalized spacial score (nSPS) is 16.4. The third-order valence-corrected chi connectivity index (χ3v) is 7.24. The van der Waals surface area contributed by atoms with E-state index >= 15 is 0 Å². The number of aromatic nitrogens is 2. The minimum atomic E-state index is -4.37. The lowest BCUT2D eigenvalue weighted by Crippen LogP contribution is -2.48. The fraction of sp³-hybridized carbons (Fsp3) is 0.385. The van der Waals surface area contributed by atoms with Crippen LogP contribution in [0.15, 0.2) is 53.1 Å². The highest BCUT2D eigenvalue weighted by Crippen LogP contribution is 2.31. The maximum absolute atomic E-state index is 12.8. The maximum Gasteiger partial charge on any atom is 0.416 e. The lowest BCUT2D eigenvalue weighted by molar-refractivity contribution is -0.137. The van der Waals surface area contributed by atoms with E-state index in [1.54, 1.807) is 17.4 Å². The van der Waals surface area contributed by atoms with E-state index in [0.29, 0.717) is 30.2 Å². The first-order chi connectivity index (χ1) is 17.7. The van der Waals surface area contributed by atoms with Crippen LogP contribution in [0.2, 0.25) is 0 Å².